The van der Waals surface area contributed by atoms with Gasteiger partial charge in [0.05, 0.1) is 15.9 Å². The molecule has 0 heterocycles. The molecule has 0 aromatic heterocycles. The van der Waals surface area contributed by atoms with Crippen LogP contribution in [-0.2, 0) is 23.0 Å². The molecule has 0 fully saturated rings. The summed E-state index contributed by atoms with van der Waals surface area (Å²) in [7, 11) is -4.30. The number of rotatable bonds is 20. The van der Waals surface area contributed by atoms with Crippen molar-refractivity contribution in [2.45, 2.75) is 130 Å². The Labute approximate surface area is 226 Å². The van der Waals surface area contributed by atoms with Gasteiger partial charge in [-0.3, -0.25) is 0 Å². The van der Waals surface area contributed by atoms with Crippen LogP contribution in [0.25, 0.3) is 0 Å². The summed E-state index contributed by atoms with van der Waals surface area (Å²) < 4.78 is 39.1. The van der Waals surface area contributed by atoms with Crippen LogP contribution in [0.4, 0.5) is 0 Å². The first-order valence-corrected chi connectivity index (χ1v) is 14.7. The molecule has 33 heavy (non-hydrogen) atoms. The van der Waals surface area contributed by atoms with Crippen molar-refractivity contribution >= 4 is 10.1 Å². The van der Waals surface area contributed by atoms with Gasteiger partial charge in [-0.05, 0) is 49.8 Å². The number of aryl methyl sites for hydroxylation is 2. The molecular formula is C27H47NaO4S. The third kappa shape index (κ3) is 17.9. The van der Waals surface area contributed by atoms with Crippen LogP contribution in [-0.4, -0.2) is 24.8 Å². The van der Waals surface area contributed by atoms with Gasteiger partial charge in [-0.15, -0.1) is 0 Å². The van der Waals surface area contributed by atoms with E-state index < -0.39 is 22.0 Å². The Morgan fingerprint density at radius 2 is 1.27 bits per heavy atom. The maximum absolute atomic E-state index is 11.1. The van der Waals surface area contributed by atoms with Crippen molar-refractivity contribution in [3.05, 3.63) is 29.3 Å². The van der Waals surface area contributed by atoms with Gasteiger partial charge in [0.25, 0.3) is 0 Å². The fourth-order valence-corrected chi connectivity index (χ4v) is 4.84. The largest absolute Gasteiger partial charge is 1.00 e. The second-order valence-corrected chi connectivity index (χ2v) is 10.8. The first-order chi connectivity index (χ1) is 15.4. The van der Waals surface area contributed by atoms with Crippen molar-refractivity contribution in [1.82, 2.24) is 0 Å². The Bertz CT molecular complexity index is 706. The SMILES string of the molecule is CCCCCCCCCc1ccc(OC(C)CS(=O)(=O)[O-])c(CCCCCCCCC)c1.[Na+]. The molecule has 186 valence electrons. The average molecular weight is 491 g/mol. The van der Waals surface area contributed by atoms with E-state index in [1.54, 1.807) is 6.92 Å². The Balaban J connectivity index is 0.0000102. The standard InChI is InChI=1S/C27H48O4S.Na/c1-4-6-8-10-12-14-16-18-25-20-21-27(31-24(3)23-32(28,29)30)26(22-25)19-17-15-13-11-9-7-5-2;/h20-22,24H,4-19,23H2,1-3H3,(H,28,29,30);/q;+1/p-1. The van der Waals surface area contributed by atoms with Gasteiger partial charge in [0, 0.05) is 0 Å². The normalized spacial score (nSPS) is 12.4. The van der Waals surface area contributed by atoms with Crippen molar-refractivity contribution in [1.29, 1.82) is 0 Å². The summed E-state index contributed by atoms with van der Waals surface area (Å²) >= 11 is 0. The van der Waals surface area contributed by atoms with Crippen molar-refractivity contribution < 1.29 is 47.3 Å². The molecule has 6 heteroatoms. The molecule has 4 nitrogen and oxygen atoms in total. The topological polar surface area (TPSA) is 66.4 Å². The number of benzene rings is 1. The molecule has 1 atom stereocenters. The molecular weight excluding hydrogens is 443 g/mol. The summed E-state index contributed by atoms with van der Waals surface area (Å²) in [5.41, 5.74) is 2.47. The molecule has 0 aliphatic carbocycles. The van der Waals surface area contributed by atoms with E-state index in [1.165, 1.54) is 89.0 Å². The van der Waals surface area contributed by atoms with Gasteiger partial charge in [0.2, 0.25) is 0 Å². The Hall–Kier alpha value is -0.0700. The first-order valence-electron chi connectivity index (χ1n) is 13.1. The molecule has 0 saturated carbocycles. The van der Waals surface area contributed by atoms with Gasteiger partial charge >= 0.3 is 29.6 Å². The summed E-state index contributed by atoms with van der Waals surface area (Å²) in [6.45, 7) is 6.14. The Morgan fingerprint density at radius 1 is 0.788 bits per heavy atom. The number of ether oxygens (including phenoxy) is 1. The van der Waals surface area contributed by atoms with Crippen LogP contribution in [0.1, 0.15) is 122 Å². The van der Waals surface area contributed by atoms with Gasteiger partial charge in [-0.1, -0.05) is 103 Å². The van der Waals surface area contributed by atoms with Gasteiger partial charge in [0.1, 0.15) is 11.9 Å². The Kier molecular flexibility index (Phi) is 20.1. The minimum Gasteiger partial charge on any atom is -0.748 e. The molecule has 0 amide bonds. The van der Waals surface area contributed by atoms with Crippen LogP contribution in [0, 0.1) is 0 Å². The van der Waals surface area contributed by atoms with E-state index in [-0.39, 0.29) is 29.6 Å². The van der Waals surface area contributed by atoms with Gasteiger partial charge < -0.3 is 9.29 Å². The van der Waals surface area contributed by atoms with E-state index in [9.17, 15) is 13.0 Å². The zero-order valence-electron chi connectivity index (χ0n) is 21.9. The maximum atomic E-state index is 11.1. The number of hydrogen-bond acceptors (Lipinski definition) is 4. The molecule has 1 unspecified atom stereocenters. The smallest absolute Gasteiger partial charge is 0.748 e. The van der Waals surface area contributed by atoms with Crippen molar-refractivity contribution in [2.24, 2.45) is 0 Å². The molecule has 0 bridgehead atoms. The van der Waals surface area contributed by atoms with E-state index in [2.05, 4.69) is 26.0 Å². The van der Waals surface area contributed by atoms with Crippen LogP contribution in [0.2, 0.25) is 0 Å². The second kappa shape index (κ2) is 20.2. The van der Waals surface area contributed by atoms with E-state index in [4.69, 9.17) is 4.74 Å². The molecule has 1 aromatic rings. The molecule has 1 aromatic carbocycles. The predicted octanol–water partition coefficient (Wildman–Crippen LogP) is 4.59. The zero-order valence-corrected chi connectivity index (χ0v) is 24.7. The quantitative estimate of drug-likeness (QED) is 0.152. The third-order valence-corrected chi connectivity index (χ3v) is 6.89. The summed E-state index contributed by atoms with van der Waals surface area (Å²) in [4.78, 5) is 0. The van der Waals surface area contributed by atoms with E-state index in [1.807, 2.05) is 6.07 Å². The van der Waals surface area contributed by atoms with Gasteiger partial charge in [-0.25, -0.2) is 8.42 Å². The zero-order chi connectivity index (χ0) is 23.7. The summed E-state index contributed by atoms with van der Waals surface area (Å²) in [5.74, 6) is 0.236. The van der Waals surface area contributed by atoms with Crippen LogP contribution in [0.15, 0.2) is 18.2 Å². The number of hydrogen-bond donors (Lipinski definition) is 0. The third-order valence-electron chi connectivity index (χ3n) is 6.01. The van der Waals surface area contributed by atoms with Crippen LogP contribution < -0.4 is 34.3 Å². The van der Waals surface area contributed by atoms with Crippen LogP contribution >= 0.6 is 0 Å². The van der Waals surface area contributed by atoms with Crippen molar-refractivity contribution in [3.8, 4) is 5.75 Å². The molecule has 0 N–H and O–H groups in total. The minimum absolute atomic E-state index is 0. The minimum atomic E-state index is -4.30. The summed E-state index contributed by atoms with van der Waals surface area (Å²) in [6, 6.07) is 6.31. The van der Waals surface area contributed by atoms with Crippen LogP contribution in [0.3, 0.4) is 0 Å². The van der Waals surface area contributed by atoms with Crippen molar-refractivity contribution in [2.75, 3.05) is 5.75 Å². The molecule has 0 radical (unpaired) electrons. The summed E-state index contributed by atoms with van der Waals surface area (Å²) in [6.07, 6.45) is 19.3. The molecule has 0 spiro atoms. The molecule has 0 saturated heterocycles. The maximum Gasteiger partial charge on any atom is 1.00 e. The van der Waals surface area contributed by atoms with Gasteiger partial charge in [-0.2, -0.15) is 0 Å². The molecule has 1 rings (SSSR count). The number of unbranched alkanes of at least 4 members (excludes halogenated alkanes) is 12. The van der Waals surface area contributed by atoms with E-state index in [0.29, 0.717) is 0 Å². The van der Waals surface area contributed by atoms with Gasteiger partial charge in [0.15, 0.2) is 0 Å². The van der Waals surface area contributed by atoms with E-state index >= 15 is 0 Å². The molecule has 0 aliphatic heterocycles. The Morgan fingerprint density at radius 3 is 1.79 bits per heavy atom. The second-order valence-electron chi connectivity index (χ2n) is 9.34. The average Bonchev–Trinajstić information content (AvgIpc) is 2.72. The fraction of sp³-hybridized carbons (Fsp3) is 0.778. The van der Waals surface area contributed by atoms with E-state index in [0.717, 1.165) is 30.6 Å². The molecule has 0 aliphatic rings. The predicted molar refractivity (Wildman–Crippen MR) is 134 cm³/mol. The van der Waals surface area contributed by atoms with Crippen LogP contribution in [0.5, 0.6) is 5.75 Å². The monoisotopic (exact) mass is 490 g/mol. The fourth-order valence-electron chi connectivity index (χ4n) is 4.20. The van der Waals surface area contributed by atoms with Crippen molar-refractivity contribution in [3.63, 3.8) is 0 Å². The first kappa shape index (κ1) is 32.9. The summed E-state index contributed by atoms with van der Waals surface area (Å²) in [5, 5.41) is 0.